The van der Waals surface area contributed by atoms with Crippen molar-refractivity contribution in [2.24, 2.45) is 0 Å². The van der Waals surface area contributed by atoms with Crippen LogP contribution in [0.1, 0.15) is 23.2 Å². The van der Waals surface area contributed by atoms with E-state index in [9.17, 15) is 9.18 Å². The molecule has 0 bridgehead atoms. The van der Waals surface area contributed by atoms with Crippen LogP contribution in [0.5, 0.6) is 0 Å². The molecule has 0 spiro atoms. The zero-order valence-corrected chi connectivity index (χ0v) is 19.2. The Kier molecular flexibility index (Phi) is 7.34. The largest absolute Gasteiger partial charge is 0.323 e. The molecule has 164 valence electrons. The number of thiophene rings is 1. The number of amides is 1. The first-order valence-corrected chi connectivity index (χ1v) is 12.1. The summed E-state index contributed by atoms with van der Waals surface area (Å²) in [5.74, 6) is 0.132. The molecule has 0 aliphatic carbocycles. The topological polar surface area (TPSA) is 59.8 Å². The fourth-order valence-corrected chi connectivity index (χ4v) is 4.82. The van der Waals surface area contributed by atoms with Crippen LogP contribution in [0.15, 0.2) is 77.3 Å². The molecule has 1 unspecified atom stereocenters. The minimum absolute atomic E-state index is 0.175. The molecule has 0 aliphatic heterocycles. The van der Waals surface area contributed by atoms with Gasteiger partial charge in [-0.3, -0.25) is 4.79 Å². The number of carbonyl (C=O) groups is 1. The van der Waals surface area contributed by atoms with Gasteiger partial charge in [-0.05, 0) is 42.5 Å². The second-order valence-electron chi connectivity index (χ2n) is 7.27. The molecule has 1 amide bonds. The van der Waals surface area contributed by atoms with Crippen molar-refractivity contribution < 1.29 is 9.18 Å². The van der Waals surface area contributed by atoms with Crippen molar-refractivity contribution in [1.29, 1.82) is 0 Å². The number of hydrogen-bond donors (Lipinski definition) is 1. The summed E-state index contributed by atoms with van der Waals surface area (Å²) in [6, 6.07) is 20.5. The lowest BCUT2D eigenvalue weighted by Crippen LogP contribution is -2.23. The fraction of sp³-hybridized carbons (Fsp3) is 0.208. The van der Waals surface area contributed by atoms with Crippen LogP contribution in [-0.2, 0) is 24.2 Å². The molecule has 0 aliphatic rings. The maximum atomic E-state index is 13.9. The number of para-hydroxylation sites is 1. The Balaban J connectivity index is 1.50. The standard InChI is InChI=1S/C24H23FN4OS2/c1-17(23(30)26-21-12-6-5-11-20(21)25)32-24-28-27-22(16-19-10-7-15-31-19)29(24)14-13-18-8-3-2-4-9-18/h2-12,15,17H,13-14,16H2,1H3,(H,26,30). The Bertz CT molecular complexity index is 1160. The molecule has 8 heteroatoms. The van der Waals surface area contributed by atoms with Gasteiger partial charge in [-0.15, -0.1) is 21.5 Å². The van der Waals surface area contributed by atoms with Crippen LogP contribution in [0.4, 0.5) is 10.1 Å². The van der Waals surface area contributed by atoms with Gasteiger partial charge in [0.2, 0.25) is 5.91 Å². The van der Waals surface area contributed by atoms with Crippen LogP contribution < -0.4 is 5.32 Å². The third-order valence-corrected chi connectivity index (χ3v) is 6.91. The molecule has 4 aromatic rings. The van der Waals surface area contributed by atoms with Crippen LogP contribution in [0.2, 0.25) is 0 Å². The highest BCUT2D eigenvalue weighted by atomic mass is 32.2. The Morgan fingerprint density at radius 1 is 1.09 bits per heavy atom. The number of nitrogens with one attached hydrogen (secondary N) is 1. The lowest BCUT2D eigenvalue weighted by molar-refractivity contribution is -0.115. The molecule has 2 aromatic carbocycles. The summed E-state index contributed by atoms with van der Waals surface area (Å²) < 4.78 is 16.0. The third kappa shape index (κ3) is 5.63. The third-order valence-electron chi connectivity index (χ3n) is 4.96. The van der Waals surface area contributed by atoms with E-state index in [1.807, 2.05) is 29.6 Å². The second-order valence-corrected chi connectivity index (χ2v) is 9.61. The van der Waals surface area contributed by atoms with E-state index >= 15 is 0 Å². The predicted molar refractivity (Wildman–Crippen MR) is 128 cm³/mol. The second kappa shape index (κ2) is 10.6. The molecular weight excluding hydrogens is 443 g/mol. The van der Waals surface area contributed by atoms with E-state index in [-0.39, 0.29) is 11.6 Å². The van der Waals surface area contributed by atoms with E-state index < -0.39 is 11.1 Å². The number of carbonyl (C=O) groups excluding carboxylic acids is 1. The zero-order valence-electron chi connectivity index (χ0n) is 17.6. The normalized spacial score (nSPS) is 11.9. The minimum atomic E-state index is -0.469. The van der Waals surface area contributed by atoms with Crippen molar-refractivity contribution in [3.63, 3.8) is 0 Å². The summed E-state index contributed by atoms with van der Waals surface area (Å²) >= 11 is 3.01. The van der Waals surface area contributed by atoms with Crippen molar-refractivity contribution in [3.05, 3.63) is 94.2 Å². The van der Waals surface area contributed by atoms with E-state index in [1.54, 1.807) is 36.5 Å². The molecule has 0 radical (unpaired) electrons. The summed E-state index contributed by atoms with van der Waals surface area (Å²) in [4.78, 5) is 13.9. The van der Waals surface area contributed by atoms with Gasteiger partial charge in [0.1, 0.15) is 11.6 Å². The van der Waals surface area contributed by atoms with E-state index in [0.717, 1.165) is 12.2 Å². The minimum Gasteiger partial charge on any atom is -0.323 e. The lowest BCUT2D eigenvalue weighted by Gasteiger charge is -2.14. The lowest BCUT2D eigenvalue weighted by atomic mass is 10.1. The molecule has 5 nitrogen and oxygen atoms in total. The van der Waals surface area contributed by atoms with Crippen molar-refractivity contribution in [2.75, 3.05) is 5.32 Å². The highest BCUT2D eigenvalue weighted by molar-refractivity contribution is 8.00. The van der Waals surface area contributed by atoms with Crippen LogP contribution in [0, 0.1) is 5.82 Å². The number of anilines is 1. The molecule has 0 saturated carbocycles. The Morgan fingerprint density at radius 2 is 1.88 bits per heavy atom. The quantitative estimate of drug-likeness (QED) is 0.334. The number of rotatable bonds is 9. The Hall–Kier alpha value is -2.97. The SMILES string of the molecule is CC(Sc1nnc(Cc2cccs2)n1CCc1ccccc1)C(=O)Nc1ccccc1F. The van der Waals surface area contributed by atoms with Crippen LogP contribution in [-0.4, -0.2) is 25.9 Å². The molecule has 2 aromatic heterocycles. The van der Waals surface area contributed by atoms with E-state index in [2.05, 4.69) is 38.3 Å². The highest BCUT2D eigenvalue weighted by Gasteiger charge is 2.21. The first-order valence-electron chi connectivity index (χ1n) is 10.3. The van der Waals surface area contributed by atoms with Gasteiger partial charge in [-0.2, -0.15) is 0 Å². The number of aryl methyl sites for hydroxylation is 1. The molecule has 4 rings (SSSR count). The molecule has 0 saturated heterocycles. The van der Waals surface area contributed by atoms with Gasteiger partial charge in [-0.25, -0.2) is 4.39 Å². The van der Waals surface area contributed by atoms with Gasteiger partial charge in [0, 0.05) is 17.8 Å². The zero-order chi connectivity index (χ0) is 22.3. The summed E-state index contributed by atoms with van der Waals surface area (Å²) in [6.45, 7) is 2.50. The number of thioether (sulfide) groups is 1. The molecule has 2 heterocycles. The van der Waals surface area contributed by atoms with Gasteiger partial charge < -0.3 is 9.88 Å². The number of halogens is 1. The highest BCUT2D eigenvalue weighted by Crippen LogP contribution is 2.26. The van der Waals surface area contributed by atoms with Gasteiger partial charge in [-0.1, -0.05) is 60.3 Å². The monoisotopic (exact) mass is 466 g/mol. The van der Waals surface area contributed by atoms with E-state index in [0.29, 0.717) is 18.1 Å². The number of benzene rings is 2. The number of aromatic nitrogens is 3. The van der Waals surface area contributed by atoms with Gasteiger partial charge in [0.05, 0.1) is 10.9 Å². The van der Waals surface area contributed by atoms with Gasteiger partial charge in [0.25, 0.3) is 0 Å². The molecule has 1 N–H and O–H groups in total. The van der Waals surface area contributed by atoms with Crippen LogP contribution in [0.25, 0.3) is 0 Å². The fourth-order valence-electron chi connectivity index (χ4n) is 3.22. The summed E-state index contributed by atoms with van der Waals surface area (Å²) in [7, 11) is 0. The van der Waals surface area contributed by atoms with E-state index in [1.165, 1.54) is 28.3 Å². The van der Waals surface area contributed by atoms with Gasteiger partial charge in [0.15, 0.2) is 5.16 Å². The Morgan fingerprint density at radius 3 is 2.62 bits per heavy atom. The maximum Gasteiger partial charge on any atom is 0.237 e. The van der Waals surface area contributed by atoms with Gasteiger partial charge >= 0.3 is 0 Å². The smallest absolute Gasteiger partial charge is 0.237 e. The summed E-state index contributed by atoms with van der Waals surface area (Å²) in [5, 5.41) is 13.7. The predicted octanol–water partition coefficient (Wildman–Crippen LogP) is 5.43. The summed E-state index contributed by atoms with van der Waals surface area (Å²) in [5.41, 5.74) is 1.40. The Labute approximate surface area is 194 Å². The summed E-state index contributed by atoms with van der Waals surface area (Å²) in [6.07, 6.45) is 1.52. The number of hydrogen-bond acceptors (Lipinski definition) is 5. The molecule has 32 heavy (non-hydrogen) atoms. The maximum absolute atomic E-state index is 13.9. The van der Waals surface area contributed by atoms with Crippen LogP contribution >= 0.6 is 23.1 Å². The molecule has 0 fully saturated rings. The van der Waals surface area contributed by atoms with Crippen LogP contribution in [0.3, 0.4) is 0 Å². The van der Waals surface area contributed by atoms with Crippen molar-refractivity contribution >= 4 is 34.7 Å². The average Bonchev–Trinajstić information content (AvgIpc) is 3.45. The van der Waals surface area contributed by atoms with Crippen molar-refractivity contribution in [1.82, 2.24) is 14.8 Å². The molecular formula is C24H23FN4OS2. The van der Waals surface area contributed by atoms with Crippen molar-refractivity contribution in [2.45, 2.75) is 36.7 Å². The number of nitrogens with zero attached hydrogens (tertiary/aromatic N) is 3. The van der Waals surface area contributed by atoms with Crippen molar-refractivity contribution in [3.8, 4) is 0 Å². The first-order chi connectivity index (χ1) is 15.6. The molecule has 1 atom stereocenters. The average molecular weight is 467 g/mol. The first kappa shape index (κ1) is 22.2. The van der Waals surface area contributed by atoms with E-state index in [4.69, 9.17) is 0 Å².